The molecule has 1 heterocycles. The highest BCUT2D eigenvalue weighted by Gasteiger charge is 2.22. The molecule has 0 radical (unpaired) electrons. The fraction of sp³-hybridized carbons (Fsp3) is 0.235. The number of hydrogen-bond acceptors (Lipinski definition) is 1. The average molecular weight is 348 g/mol. The van der Waals surface area contributed by atoms with E-state index in [2.05, 4.69) is 22.0 Å². The molecule has 2 aromatic carbocycles. The number of rotatable bonds is 1. The molecule has 4 heteroatoms. The van der Waals surface area contributed by atoms with Crippen molar-refractivity contribution < 1.29 is 9.18 Å². The summed E-state index contributed by atoms with van der Waals surface area (Å²) in [5.74, 6) is -0.719. The lowest BCUT2D eigenvalue weighted by molar-refractivity contribution is 0.0741. The molecule has 108 valence electrons. The van der Waals surface area contributed by atoms with E-state index in [0.29, 0.717) is 17.6 Å². The van der Waals surface area contributed by atoms with Crippen molar-refractivity contribution in [3.8, 4) is 0 Å². The number of hydrogen-bond donors (Lipinski definition) is 0. The van der Waals surface area contributed by atoms with Gasteiger partial charge in [0.2, 0.25) is 0 Å². The van der Waals surface area contributed by atoms with Gasteiger partial charge in [-0.15, -0.1) is 0 Å². The third-order valence-electron chi connectivity index (χ3n) is 3.80. The molecule has 0 aliphatic carbocycles. The van der Waals surface area contributed by atoms with Gasteiger partial charge in [-0.3, -0.25) is 4.79 Å². The highest BCUT2D eigenvalue weighted by Crippen LogP contribution is 2.22. The summed E-state index contributed by atoms with van der Waals surface area (Å²) in [6.45, 7) is 1.20. The number of fused-ring (bicyclic) bond motifs is 1. The van der Waals surface area contributed by atoms with Crippen LogP contribution in [0.1, 0.15) is 27.9 Å². The second-order valence-electron chi connectivity index (χ2n) is 5.22. The normalized spacial score (nSPS) is 14.5. The molecule has 0 aromatic heterocycles. The van der Waals surface area contributed by atoms with E-state index in [4.69, 9.17) is 0 Å². The molecule has 21 heavy (non-hydrogen) atoms. The quantitative estimate of drug-likeness (QED) is 0.757. The van der Waals surface area contributed by atoms with Crippen molar-refractivity contribution >= 4 is 21.8 Å². The molecule has 2 nitrogen and oxygen atoms in total. The Hall–Kier alpha value is -1.68. The predicted octanol–water partition coefficient (Wildman–Crippen LogP) is 4.18. The lowest BCUT2D eigenvalue weighted by Gasteiger charge is -2.21. The van der Waals surface area contributed by atoms with Gasteiger partial charge in [0.1, 0.15) is 5.82 Å². The first-order valence-corrected chi connectivity index (χ1v) is 7.75. The van der Waals surface area contributed by atoms with E-state index in [-0.39, 0.29) is 11.5 Å². The van der Waals surface area contributed by atoms with E-state index < -0.39 is 5.82 Å². The third-order valence-corrected chi connectivity index (χ3v) is 4.30. The summed E-state index contributed by atoms with van der Waals surface area (Å²) < 4.78 is 14.6. The summed E-state index contributed by atoms with van der Waals surface area (Å²) in [7, 11) is 0. The third kappa shape index (κ3) is 3.00. The Morgan fingerprint density at radius 2 is 1.90 bits per heavy atom. The molecule has 3 rings (SSSR count). The minimum absolute atomic E-state index is 0.137. The molecule has 0 bridgehead atoms. The Balaban J connectivity index is 1.88. The zero-order valence-corrected chi connectivity index (χ0v) is 13.1. The first-order chi connectivity index (χ1) is 10.1. The fourth-order valence-electron chi connectivity index (χ4n) is 2.71. The van der Waals surface area contributed by atoms with Crippen molar-refractivity contribution in [1.82, 2.24) is 4.90 Å². The van der Waals surface area contributed by atoms with Crippen molar-refractivity contribution in [2.24, 2.45) is 0 Å². The van der Waals surface area contributed by atoms with E-state index in [9.17, 15) is 9.18 Å². The Kier molecular flexibility index (Phi) is 4.06. The Morgan fingerprint density at radius 1 is 1.14 bits per heavy atom. The molecule has 0 saturated heterocycles. The number of carbonyl (C=O) groups excluding carboxylic acids is 1. The predicted molar refractivity (Wildman–Crippen MR) is 83.6 cm³/mol. The number of halogens is 2. The summed E-state index contributed by atoms with van der Waals surface area (Å²) in [5, 5.41) is 0. The maximum Gasteiger partial charge on any atom is 0.257 e. The minimum Gasteiger partial charge on any atom is -0.334 e. The Bertz CT molecular complexity index is 686. The number of benzene rings is 2. The molecule has 1 amide bonds. The monoisotopic (exact) mass is 347 g/mol. The van der Waals surface area contributed by atoms with Crippen LogP contribution in [0.2, 0.25) is 0 Å². The van der Waals surface area contributed by atoms with Gasteiger partial charge >= 0.3 is 0 Å². The summed E-state index contributed by atoms with van der Waals surface area (Å²) in [5.41, 5.74) is 2.57. The van der Waals surface area contributed by atoms with Gasteiger partial charge < -0.3 is 4.90 Å². The number of amides is 1. The van der Waals surface area contributed by atoms with Gasteiger partial charge in [-0.1, -0.05) is 40.2 Å². The van der Waals surface area contributed by atoms with Crippen molar-refractivity contribution in [2.45, 2.75) is 19.4 Å². The van der Waals surface area contributed by atoms with Crippen LogP contribution in [0.15, 0.2) is 46.9 Å². The minimum atomic E-state index is -0.480. The topological polar surface area (TPSA) is 20.3 Å². The van der Waals surface area contributed by atoms with Crippen LogP contribution in [0.25, 0.3) is 0 Å². The highest BCUT2D eigenvalue weighted by molar-refractivity contribution is 9.10. The first-order valence-electron chi connectivity index (χ1n) is 6.96. The lowest BCUT2D eigenvalue weighted by Crippen LogP contribution is -2.31. The first kappa shape index (κ1) is 14.3. The van der Waals surface area contributed by atoms with E-state index >= 15 is 0 Å². The number of aryl methyl sites for hydroxylation is 1. The molecule has 0 saturated carbocycles. The van der Waals surface area contributed by atoms with Gasteiger partial charge in [-0.05, 0) is 42.2 Å². The molecular weight excluding hydrogens is 333 g/mol. The molecule has 0 spiro atoms. The summed E-state index contributed by atoms with van der Waals surface area (Å²) in [6.07, 6.45) is 1.86. The Labute approximate surface area is 131 Å². The van der Waals surface area contributed by atoms with Crippen molar-refractivity contribution in [3.05, 3.63) is 69.4 Å². The fourth-order valence-corrected chi connectivity index (χ4v) is 3.04. The van der Waals surface area contributed by atoms with Gasteiger partial charge in [0.15, 0.2) is 0 Å². The second kappa shape index (κ2) is 5.98. The maximum atomic E-state index is 14.0. The zero-order chi connectivity index (χ0) is 14.8. The van der Waals surface area contributed by atoms with Crippen LogP contribution in [0.5, 0.6) is 0 Å². The molecule has 0 unspecified atom stereocenters. The van der Waals surface area contributed by atoms with Crippen molar-refractivity contribution in [1.29, 1.82) is 0 Å². The van der Waals surface area contributed by atoms with Crippen molar-refractivity contribution in [2.75, 3.05) is 6.54 Å². The van der Waals surface area contributed by atoms with Crippen LogP contribution in [0.3, 0.4) is 0 Å². The molecule has 2 aromatic rings. The summed E-state index contributed by atoms with van der Waals surface area (Å²) in [4.78, 5) is 14.3. The molecule has 0 atom stereocenters. The summed E-state index contributed by atoms with van der Waals surface area (Å²) >= 11 is 3.21. The van der Waals surface area contributed by atoms with Gasteiger partial charge in [-0.2, -0.15) is 0 Å². The number of carbonyl (C=O) groups is 1. The van der Waals surface area contributed by atoms with Crippen LogP contribution >= 0.6 is 15.9 Å². The SMILES string of the molecule is O=C(c1ccc(Br)cc1F)N1CCCc2ccccc2C1. The van der Waals surface area contributed by atoms with Gasteiger partial charge in [0.25, 0.3) is 5.91 Å². The summed E-state index contributed by atoms with van der Waals surface area (Å²) in [6, 6.07) is 12.7. The van der Waals surface area contributed by atoms with E-state index in [0.717, 1.165) is 18.4 Å². The molecule has 0 N–H and O–H groups in total. The van der Waals surface area contributed by atoms with E-state index in [1.54, 1.807) is 17.0 Å². The van der Waals surface area contributed by atoms with Crippen LogP contribution < -0.4 is 0 Å². The van der Waals surface area contributed by atoms with E-state index in [1.165, 1.54) is 11.6 Å². The zero-order valence-electron chi connectivity index (χ0n) is 11.5. The van der Waals surface area contributed by atoms with Crippen LogP contribution in [0.4, 0.5) is 4.39 Å². The smallest absolute Gasteiger partial charge is 0.257 e. The highest BCUT2D eigenvalue weighted by atomic mass is 79.9. The average Bonchev–Trinajstić information content (AvgIpc) is 2.68. The number of nitrogens with zero attached hydrogens (tertiary/aromatic N) is 1. The van der Waals surface area contributed by atoms with Gasteiger partial charge in [0, 0.05) is 17.6 Å². The van der Waals surface area contributed by atoms with Crippen LogP contribution in [0, 0.1) is 5.82 Å². The van der Waals surface area contributed by atoms with E-state index in [1.807, 2.05) is 18.2 Å². The lowest BCUT2D eigenvalue weighted by atomic mass is 10.0. The second-order valence-corrected chi connectivity index (χ2v) is 6.14. The molecular formula is C17H15BrFNO. The molecule has 1 aliphatic heterocycles. The molecule has 0 fully saturated rings. The largest absolute Gasteiger partial charge is 0.334 e. The molecule has 1 aliphatic rings. The van der Waals surface area contributed by atoms with Crippen LogP contribution in [-0.2, 0) is 13.0 Å². The standard InChI is InChI=1S/C17H15BrFNO/c18-14-7-8-15(16(19)10-14)17(21)20-9-3-6-12-4-1-2-5-13(12)11-20/h1-2,4-5,7-8,10H,3,6,9,11H2. The van der Waals surface area contributed by atoms with Crippen molar-refractivity contribution in [3.63, 3.8) is 0 Å². The maximum absolute atomic E-state index is 14.0. The van der Waals surface area contributed by atoms with Crippen LogP contribution in [-0.4, -0.2) is 17.4 Å². The van der Waals surface area contributed by atoms with Gasteiger partial charge in [0.05, 0.1) is 5.56 Å². The van der Waals surface area contributed by atoms with Gasteiger partial charge in [-0.25, -0.2) is 4.39 Å². The Morgan fingerprint density at radius 3 is 2.67 bits per heavy atom.